The lowest BCUT2D eigenvalue weighted by atomic mass is 10.1. The van der Waals surface area contributed by atoms with Gasteiger partial charge >= 0.3 is 5.97 Å². The van der Waals surface area contributed by atoms with E-state index in [1.807, 2.05) is 25.1 Å². The van der Waals surface area contributed by atoms with Gasteiger partial charge in [-0.15, -0.1) is 16.5 Å². The molecule has 146 valence electrons. The Morgan fingerprint density at radius 2 is 2.00 bits per heavy atom. The molecule has 2 aromatic carbocycles. The Morgan fingerprint density at radius 1 is 1.20 bits per heavy atom. The Hall–Kier alpha value is -3.96. The monoisotopic (exact) mass is 413 g/mol. The van der Waals surface area contributed by atoms with E-state index >= 15 is 0 Å². The molecule has 0 saturated carbocycles. The molecule has 4 rings (SSSR count). The number of hydrogen-bond donors (Lipinski definition) is 1. The van der Waals surface area contributed by atoms with Gasteiger partial charge in [0, 0.05) is 4.88 Å². The average molecular weight is 413 g/mol. The van der Waals surface area contributed by atoms with Crippen LogP contribution >= 0.6 is 11.3 Å². The first-order chi connectivity index (χ1) is 14.6. The number of aryl methyl sites for hydroxylation is 1. The van der Waals surface area contributed by atoms with Gasteiger partial charge in [0.05, 0.1) is 29.3 Å². The van der Waals surface area contributed by atoms with E-state index in [-0.39, 0.29) is 5.56 Å². The maximum absolute atomic E-state index is 10.9. The lowest BCUT2D eigenvalue weighted by Gasteiger charge is -1.99. The van der Waals surface area contributed by atoms with E-state index in [1.165, 1.54) is 17.7 Å². The highest BCUT2D eigenvalue weighted by atomic mass is 32.1. The highest BCUT2D eigenvalue weighted by molar-refractivity contribution is 7.23. The molecule has 1 N–H and O–H groups in total. The molecule has 0 saturated heterocycles. The van der Waals surface area contributed by atoms with E-state index in [1.54, 1.807) is 30.3 Å². The summed E-state index contributed by atoms with van der Waals surface area (Å²) in [4.78, 5) is 20.6. The van der Waals surface area contributed by atoms with Crippen LogP contribution in [0, 0.1) is 18.3 Å². The number of azo groups is 1. The lowest BCUT2D eigenvalue weighted by molar-refractivity contribution is 0.0697. The molecule has 7 nitrogen and oxygen atoms in total. The number of fused-ring (bicyclic) bond motifs is 1. The molecule has 0 aliphatic heterocycles. The Kier molecular flexibility index (Phi) is 5.28. The average Bonchev–Trinajstić information content (AvgIpc) is 3.11. The molecule has 0 spiro atoms. The minimum Gasteiger partial charge on any atom is -0.478 e. The molecule has 0 fully saturated rings. The van der Waals surface area contributed by atoms with Crippen LogP contribution in [0.3, 0.4) is 0 Å². The summed E-state index contributed by atoms with van der Waals surface area (Å²) in [5, 5.41) is 26.6. The van der Waals surface area contributed by atoms with Crippen LogP contribution in [0.2, 0.25) is 0 Å². The van der Waals surface area contributed by atoms with Crippen LogP contribution in [0.5, 0.6) is 0 Å². The topological polar surface area (TPSA) is 112 Å². The normalized spacial score (nSPS) is 11.1. The largest absolute Gasteiger partial charge is 0.478 e. The second kappa shape index (κ2) is 8.19. The van der Waals surface area contributed by atoms with E-state index in [2.05, 4.69) is 26.3 Å². The summed E-state index contributed by atoms with van der Waals surface area (Å²) >= 11 is 1.52. The zero-order chi connectivity index (χ0) is 21.1. The highest BCUT2D eigenvalue weighted by Crippen LogP contribution is 2.40. The molecule has 0 aliphatic carbocycles. The SMILES string of the molecule is Cc1c(-c2cccc(C#N)c2)sc2c(N=NCc3ccc(C(=O)O)cc3)ncnc12. The van der Waals surface area contributed by atoms with Gasteiger partial charge in [0.25, 0.3) is 0 Å². The summed E-state index contributed by atoms with van der Waals surface area (Å²) in [5.41, 5.74) is 4.46. The number of carboxylic acid groups (broad SMARTS) is 1. The van der Waals surface area contributed by atoms with Gasteiger partial charge in [0.1, 0.15) is 11.0 Å². The van der Waals surface area contributed by atoms with Crippen LogP contribution in [-0.2, 0) is 6.54 Å². The van der Waals surface area contributed by atoms with Crippen LogP contribution in [-0.4, -0.2) is 21.0 Å². The van der Waals surface area contributed by atoms with Gasteiger partial charge in [0.15, 0.2) is 5.82 Å². The Morgan fingerprint density at radius 3 is 2.73 bits per heavy atom. The van der Waals surface area contributed by atoms with Crippen molar-refractivity contribution in [2.45, 2.75) is 13.5 Å². The maximum Gasteiger partial charge on any atom is 0.335 e. The fraction of sp³-hybridized carbons (Fsp3) is 0.0909. The van der Waals surface area contributed by atoms with E-state index in [9.17, 15) is 10.1 Å². The van der Waals surface area contributed by atoms with Crippen molar-refractivity contribution in [1.29, 1.82) is 5.26 Å². The quantitative estimate of drug-likeness (QED) is 0.433. The van der Waals surface area contributed by atoms with Gasteiger partial charge in [0.2, 0.25) is 0 Å². The molecule has 0 atom stereocenters. The molecule has 2 aromatic heterocycles. The van der Waals surface area contributed by atoms with Gasteiger partial charge in [-0.3, -0.25) is 0 Å². The first kappa shape index (κ1) is 19.4. The third-order valence-electron chi connectivity index (χ3n) is 4.56. The Bertz CT molecular complexity index is 1320. The van der Waals surface area contributed by atoms with Crippen molar-refractivity contribution in [2.24, 2.45) is 10.2 Å². The van der Waals surface area contributed by atoms with Crippen LogP contribution in [0.15, 0.2) is 65.1 Å². The number of rotatable bonds is 5. The number of benzene rings is 2. The third kappa shape index (κ3) is 3.79. The first-order valence-corrected chi connectivity index (χ1v) is 9.83. The van der Waals surface area contributed by atoms with Crippen molar-refractivity contribution in [3.63, 3.8) is 0 Å². The summed E-state index contributed by atoms with van der Waals surface area (Å²) in [6, 6.07) is 16.1. The van der Waals surface area contributed by atoms with Crippen molar-refractivity contribution in [3.05, 3.63) is 77.1 Å². The predicted molar refractivity (Wildman–Crippen MR) is 114 cm³/mol. The molecule has 30 heavy (non-hydrogen) atoms. The van der Waals surface area contributed by atoms with Gasteiger partial charge < -0.3 is 5.11 Å². The number of hydrogen-bond acceptors (Lipinski definition) is 7. The zero-order valence-electron chi connectivity index (χ0n) is 15.9. The zero-order valence-corrected chi connectivity index (χ0v) is 16.7. The molecule has 0 aliphatic rings. The first-order valence-electron chi connectivity index (χ1n) is 9.01. The van der Waals surface area contributed by atoms with E-state index in [0.717, 1.165) is 31.8 Å². The van der Waals surface area contributed by atoms with Crippen LogP contribution in [0.1, 0.15) is 27.0 Å². The molecule has 4 aromatic rings. The van der Waals surface area contributed by atoms with Crippen molar-refractivity contribution in [1.82, 2.24) is 9.97 Å². The number of aromatic carboxylic acids is 1. The van der Waals surface area contributed by atoms with Crippen molar-refractivity contribution in [3.8, 4) is 16.5 Å². The summed E-state index contributed by atoms with van der Waals surface area (Å²) in [5.74, 6) is -0.478. The summed E-state index contributed by atoms with van der Waals surface area (Å²) in [6.45, 7) is 2.30. The van der Waals surface area contributed by atoms with E-state index in [4.69, 9.17) is 5.11 Å². The van der Waals surface area contributed by atoms with Gasteiger partial charge in [-0.1, -0.05) is 24.3 Å². The van der Waals surface area contributed by atoms with Crippen molar-refractivity contribution in [2.75, 3.05) is 0 Å². The second-order valence-electron chi connectivity index (χ2n) is 6.53. The van der Waals surface area contributed by atoms with Gasteiger partial charge in [-0.05, 0) is 47.9 Å². The number of carbonyl (C=O) groups is 1. The molecule has 0 unspecified atom stereocenters. The van der Waals surface area contributed by atoms with Crippen molar-refractivity contribution >= 4 is 33.3 Å². The highest BCUT2D eigenvalue weighted by Gasteiger charge is 2.15. The molecular formula is C22H15N5O2S. The fourth-order valence-corrected chi connectivity index (χ4v) is 4.21. The maximum atomic E-state index is 10.9. The van der Waals surface area contributed by atoms with Gasteiger partial charge in [-0.2, -0.15) is 10.4 Å². The summed E-state index contributed by atoms with van der Waals surface area (Å²) < 4.78 is 0.831. The minimum atomic E-state index is -0.962. The van der Waals surface area contributed by atoms with Gasteiger partial charge in [-0.25, -0.2) is 14.8 Å². The number of nitriles is 1. The predicted octanol–water partition coefficient (Wildman–Crippen LogP) is 5.52. The molecule has 0 amide bonds. The smallest absolute Gasteiger partial charge is 0.335 e. The van der Waals surface area contributed by atoms with Crippen LogP contribution < -0.4 is 0 Å². The Balaban J connectivity index is 1.64. The lowest BCUT2D eigenvalue weighted by Crippen LogP contribution is -1.95. The number of thiophene rings is 1. The third-order valence-corrected chi connectivity index (χ3v) is 5.88. The molecule has 0 bridgehead atoms. The van der Waals surface area contributed by atoms with E-state index < -0.39 is 5.97 Å². The second-order valence-corrected chi connectivity index (χ2v) is 7.55. The van der Waals surface area contributed by atoms with E-state index in [0.29, 0.717) is 17.9 Å². The van der Waals surface area contributed by atoms with Crippen LogP contribution in [0.4, 0.5) is 5.82 Å². The summed E-state index contributed by atoms with van der Waals surface area (Å²) in [6.07, 6.45) is 1.47. The van der Waals surface area contributed by atoms with Crippen molar-refractivity contribution < 1.29 is 9.90 Å². The number of aromatic nitrogens is 2. The Labute approximate surface area is 176 Å². The van der Waals surface area contributed by atoms with Crippen LogP contribution in [0.25, 0.3) is 20.7 Å². The molecule has 8 heteroatoms. The molecular weight excluding hydrogens is 398 g/mol. The number of carboxylic acids is 1. The molecule has 2 heterocycles. The minimum absolute atomic E-state index is 0.232. The standard InChI is InChI=1S/C22H15N5O2S/c1-13-18-20(30-19(13)17-4-2-3-15(9-17)10-23)21(25-12-24-18)27-26-11-14-5-7-16(8-6-14)22(28)29/h2-9,12H,11H2,1H3,(H,28,29). The molecule has 0 radical (unpaired) electrons. The summed E-state index contributed by atoms with van der Waals surface area (Å²) in [7, 11) is 0. The fourth-order valence-electron chi connectivity index (χ4n) is 3.03. The number of nitrogens with zero attached hydrogens (tertiary/aromatic N) is 5.